The van der Waals surface area contributed by atoms with E-state index in [1.165, 1.54) is 5.56 Å². The number of nitrogens with two attached hydrogens (primary N) is 1. The molecular weight excluding hydrogens is 226 g/mol. The number of rotatable bonds is 5. The number of aliphatic hydroxyl groups is 1. The number of aliphatic hydroxyl groups excluding tert-OH is 1. The maximum Gasteiger partial charge on any atom is 0.127 e. The molecule has 0 spiro atoms. The second-order valence-electron chi connectivity index (χ2n) is 4.37. The molecule has 1 aromatic heterocycles. The minimum Gasteiger partial charge on any atom is -0.396 e. The fourth-order valence-corrected chi connectivity index (χ4v) is 2.02. The van der Waals surface area contributed by atoms with Crippen molar-refractivity contribution in [2.45, 2.75) is 26.2 Å². The van der Waals surface area contributed by atoms with E-state index in [-0.39, 0.29) is 6.61 Å². The van der Waals surface area contributed by atoms with Crippen LogP contribution in [0.2, 0.25) is 0 Å². The van der Waals surface area contributed by atoms with E-state index in [2.05, 4.69) is 24.2 Å². The predicted octanol–water partition coefficient (Wildman–Crippen LogP) is 1.94. The Labute approximate surface area is 107 Å². The molecule has 4 heteroatoms. The normalized spacial score (nSPS) is 10.8. The second-order valence-corrected chi connectivity index (χ2v) is 4.37. The lowest BCUT2D eigenvalue weighted by Gasteiger charge is -2.06. The molecule has 0 aliphatic rings. The highest BCUT2D eigenvalue weighted by Crippen LogP contribution is 2.17. The van der Waals surface area contributed by atoms with E-state index in [4.69, 9.17) is 10.8 Å². The average molecular weight is 245 g/mol. The summed E-state index contributed by atoms with van der Waals surface area (Å²) in [4.78, 5) is 0. The van der Waals surface area contributed by atoms with E-state index in [9.17, 15) is 0 Å². The van der Waals surface area contributed by atoms with E-state index >= 15 is 0 Å². The summed E-state index contributed by atoms with van der Waals surface area (Å²) in [6, 6.07) is 10.0. The van der Waals surface area contributed by atoms with Crippen LogP contribution in [0.1, 0.15) is 24.6 Å². The van der Waals surface area contributed by atoms with Gasteiger partial charge in [0.05, 0.1) is 11.4 Å². The van der Waals surface area contributed by atoms with Crippen LogP contribution < -0.4 is 5.73 Å². The minimum absolute atomic E-state index is 0.0896. The van der Waals surface area contributed by atoms with Crippen LogP contribution >= 0.6 is 0 Å². The summed E-state index contributed by atoms with van der Waals surface area (Å²) in [5.74, 6) is 0.604. The number of hydrogen-bond donors (Lipinski definition) is 2. The molecule has 0 aliphatic heterocycles. The molecule has 0 aliphatic carbocycles. The molecule has 4 nitrogen and oxygen atoms in total. The Bertz CT molecular complexity index is 520. The van der Waals surface area contributed by atoms with E-state index in [0.29, 0.717) is 12.2 Å². The molecule has 0 unspecified atom stereocenters. The molecule has 1 heterocycles. The van der Waals surface area contributed by atoms with Gasteiger partial charge in [-0.2, -0.15) is 5.10 Å². The Balaban J connectivity index is 2.32. The lowest BCUT2D eigenvalue weighted by Crippen LogP contribution is -2.03. The van der Waals surface area contributed by atoms with Gasteiger partial charge in [-0.15, -0.1) is 0 Å². The van der Waals surface area contributed by atoms with Crippen molar-refractivity contribution in [2.75, 3.05) is 12.3 Å². The first-order valence-electron chi connectivity index (χ1n) is 6.29. The zero-order valence-electron chi connectivity index (χ0n) is 10.6. The van der Waals surface area contributed by atoms with Crippen molar-refractivity contribution >= 4 is 5.82 Å². The van der Waals surface area contributed by atoms with Gasteiger partial charge in [-0.1, -0.05) is 25.5 Å². The van der Waals surface area contributed by atoms with Crippen LogP contribution in [0, 0.1) is 0 Å². The van der Waals surface area contributed by atoms with Crippen LogP contribution in [0.15, 0.2) is 30.3 Å². The van der Waals surface area contributed by atoms with Gasteiger partial charge in [0.1, 0.15) is 5.82 Å². The number of nitrogen functional groups attached to an aromatic ring is 1. The molecule has 1 aromatic carbocycles. The molecule has 2 rings (SSSR count). The molecule has 0 bridgehead atoms. The molecule has 0 atom stereocenters. The summed E-state index contributed by atoms with van der Waals surface area (Å²) < 4.78 is 1.73. The molecule has 96 valence electrons. The fraction of sp³-hybridized carbons (Fsp3) is 0.357. The highest BCUT2D eigenvalue weighted by molar-refractivity contribution is 5.44. The average Bonchev–Trinajstić information content (AvgIpc) is 2.72. The third-order valence-electron chi connectivity index (χ3n) is 2.85. The van der Waals surface area contributed by atoms with Crippen LogP contribution in [0.4, 0.5) is 5.82 Å². The number of anilines is 1. The highest BCUT2D eigenvalue weighted by atomic mass is 16.3. The lowest BCUT2D eigenvalue weighted by atomic mass is 10.1. The van der Waals surface area contributed by atoms with Gasteiger partial charge in [0, 0.05) is 19.1 Å². The molecule has 0 amide bonds. The van der Waals surface area contributed by atoms with Crippen molar-refractivity contribution in [1.82, 2.24) is 9.78 Å². The van der Waals surface area contributed by atoms with Gasteiger partial charge in [-0.05, 0) is 24.1 Å². The standard InChI is InChI=1S/C14H19N3O/c1-2-4-11-5-3-6-13(9-11)17-14(15)10-12(16-17)7-8-18/h3,5-6,9-10,18H,2,4,7-8,15H2,1H3. The lowest BCUT2D eigenvalue weighted by molar-refractivity contribution is 0.298. The zero-order chi connectivity index (χ0) is 13.0. The topological polar surface area (TPSA) is 64.1 Å². The predicted molar refractivity (Wildman–Crippen MR) is 72.8 cm³/mol. The second kappa shape index (κ2) is 5.69. The first-order valence-corrected chi connectivity index (χ1v) is 6.29. The summed E-state index contributed by atoms with van der Waals surface area (Å²) in [5.41, 5.74) is 9.02. The van der Waals surface area contributed by atoms with E-state index < -0.39 is 0 Å². The van der Waals surface area contributed by atoms with Gasteiger partial charge in [-0.3, -0.25) is 0 Å². The van der Waals surface area contributed by atoms with Crippen LogP contribution in [-0.2, 0) is 12.8 Å². The monoisotopic (exact) mass is 245 g/mol. The van der Waals surface area contributed by atoms with Crippen LogP contribution in [0.5, 0.6) is 0 Å². The first-order chi connectivity index (χ1) is 8.74. The molecular formula is C14H19N3O. The molecule has 0 saturated heterocycles. The van der Waals surface area contributed by atoms with E-state index in [0.717, 1.165) is 24.2 Å². The quantitative estimate of drug-likeness (QED) is 0.846. The zero-order valence-corrected chi connectivity index (χ0v) is 10.6. The number of aryl methyl sites for hydroxylation is 1. The van der Waals surface area contributed by atoms with Crippen molar-refractivity contribution in [2.24, 2.45) is 0 Å². The summed E-state index contributed by atoms with van der Waals surface area (Å²) in [6.07, 6.45) is 2.71. The van der Waals surface area contributed by atoms with E-state index in [1.807, 2.05) is 18.2 Å². The maximum atomic E-state index is 8.91. The molecule has 2 aromatic rings. The summed E-state index contributed by atoms with van der Waals surface area (Å²) in [5, 5.41) is 13.3. The summed E-state index contributed by atoms with van der Waals surface area (Å²) in [6.45, 7) is 2.25. The molecule has 0 fully saturated rings. The smallest absolute Gasteiger partial charge is 0.127 e. The Kier molecular flexibility index (Phi) is 3.99. The van der Waals surface area contributed by atoms with Crippen molar-refractivity contribution < 1.29 is 5.11 Å². The maximum absolute atomic E-state index is 8.91. The Morgan fingerprint density at radius 1 is 1.28 bits per heavy atom. The minimum atomic E-state index is 0.0896. The molecule has 18 heavy (non-hydrogen) atoms. The summed E-state index contributed by atoms with van der Waals surface area (Å²) >= 11 is 0. The van der Waals surface area contributed by atoms with Gasteiger partial charge in [0.15, 0.2) is 0 Å². The van der Waals surface area contributed by atoms with Gasteiger partial charge in [0.25, 0.3) is 0 Å². The number of hydrogen-bond acceptors (Lipinski definition) is 3. The number of benzene rings is 1. The number of nitrogens with zero attached hydrogens (tertiary/aromatic N) is 2. The first kappa shape index (κ1) is 12.6. The molecule has 0 saturated carbocycles. The number of aromatic nitrogens is 2. The summed E-state index contributed by atoms with van der Waals surface area (Å²) in [7, 11) is 0. The molecule has 0 radical (unpaired) electrons. The van der Waals surface area contributed by atoms with Gasteiger partial charge in [-0.25, -0.2) is 4.68 Å². The van der Waals surface area contributed by atoms with Crippen molar-refractivity contribution in [3.8, 4) is 5.69 Å². The third kappa shape index (κ3) is 2.71. The Morgan fingerprint density at radius 2 is 2.11 bits per heavy atom. The van der Waals surface area contributed by atoms with Crippen molar-refractivity contribution in [1.29, 1.82) is 0 Å². The van der Waals surface area contributed by atoms with Crippen LogP contribution in [0.25, 0.3) is 5.69 Å². The van der Waals surface area contributed by atoms with Crippen LogP contribution in [0.3, 0.4) is 0 Å². The van der Waals surface area contributed by atoms with Gasteiger partial charge >= 0.3 is 0 Å². The fourth-order valence-electron chi connectivity index (χ4n) is 2.02. The van der Waals surface area contributed by atoms with Gasteiger partial charge in [0.2, 0.25) is 0 Å². The SMILES string of the molecule is CCCc1cccc(-n2nc(CCO)cc2N)c1. The molecule has 3 N–H and O–H groups in total. The highest BCUT2D eigenvalue weighted by Gasteiger charge is 2.07. The van der Waals surface area contributed by atoms with Crippen molar-refractivity contribution in [3.63, 3.8) is 0 Å². The largest absolute Gasteiger partial charge is 0.396 e. The Hall–Kier alpha value is -1.81. The third-order valence-corrected chi connectivity index (χ3v) is 2.85. The van der Waals surface area contributed by atoms with Crippen LogP contribution in [-0.4, -0.2) is 21.5 Å². The van der Waals surface area contributed by atoms with Crippen molar-refractivity contribution in [3.05, 3.63) is 41.6 Å². The van der Waals surface area contributed by atoms with E-state index in [1.54, 1.807) is 4.68 Å². The van der Waals surface area contributed by atoms with Gasteiger partial charge < -0.3 is 10.8 Å². The Morgan fingerprint density at radius 3 is 2.83 bits per heavy atom.